The van der Waals surface area contributed by atoms with E-state index in [9.17, 15) is 9.59 Å². The Balaban J connectivity index is 1.86. The zero-order chi connectivity index (χ0) is 17.1. The van der Waals surface area contributed by atoms with Crippen molar-refractivity contribution >= 4 is 40.2 Å². The highest BCUT2D eigenvalue weighted by molar-refractivity contribution is 7.98. The zero-order valence-electron chi connectivity index (χ0n) is 12.9. The van der Waals surface area contributed by atoms with Crippen molar-refractivity contribution in [3.05, 3.63) is 75.0 Å². The number of hydrogen-bond acceptors (Lipinski definition) is 3. The van der Waals surface area contributed by atoms with Crippen molar-refractivity contribution in [2.75, 3.05) is 6.26 Å². The van der Waals surface area contributed by atoms with Gasteiger partial charge in [-0.25, -0.2) is 0 Å². The van der Waals surface area contributed by atoms with Gasteiger partial charge in [0.2, 0.25) is 5.43 Å². The van der Waals surface area contributed by atoms with Crippen LogP contribution in [0.5, 0.6) is 0 Å². The molecule has 3 rings (SSSR count). The highest BCUT2D eigenvalue weighted by atomic mass is 35.5. The average Bonchev–Trinajstić information content (AvgIpc) is 2.61. The zero-order valence-corrected chi connectivity index (χ0v) is 14.5. The van der Waals surface area contributed by atoms with Crippen LogP contribution in [-0.2, 0) is 6.54 Å². The van der Waals surface area contributed by atoms with Crippen LogP contribution in [0.2, 0.25) is 5.02 Å². The fourth-order valence-corrected chi connectivity index (χ4v) is 3.16. The molecule has 0 bridgehead atoms. The first kappa shape index (κ1) is 16.6. The molecule has 24 heavy (non-hydrogen) atoms. The van der Waals surface area contributed by atoms with Crippen LogP contribution in [0.4, 0.5) is 0 Å². The second-order valence-electron chi connectivity index (χ2n) is 5.22. The number of fused-ring (bicyclic) bond motifs is 1. The third-order valence-corrected chi connectivity index (χ3v) is 4.74. The van der Waals surface area contributed by atoms with E-state index in [0.717, 1.165) is 16.0 Å². The minimum Gasteiger partial charge on any atom is -0.359 e. The van der Waals surface area contributed by atoms with Gasteiger partial charge < -0.3 is 10.3 Å². The molecule has 0 aliphatic rings. The van der Waals surface area contributed by atoms with E-state index >= 15 is 0 Å². The summed E-state index contributed by atoms with van der Waals surface area (Å²) >= 11 is 7.39. The molecule has 0 atom stereocenters. The summed E-state index contributed by atoms with van der Waals surface area (Å²) in [6.07, 6.45) is 3.42. The monoisotopic (exact) mass is 358 g/mol. The molecule has 2 N–H and O–H groups in total. The highest BCUT2D eigenvalue weighted by Gasteiger charge is 2.14. The summed E-state index contributed by atoms with van der Waals surface area (Å²) in [6.45, 7) is 0.332. The summed E-state index contributed by atoms with van der Waals surface area (Å²) in [4.78, 5) is 29.0. The normalized spacial score (nSPS) is 10.8. The van der Waals surface area contributed by atoms with Gasteiger partial charge >= 0.3 is 0 Å². The number of hydrogen-bond donors (Lipinski definition) is 2. The predicted molar refractivity (Wildman–Crippen MR) is 99.0 cm³/mol. The number of carbonyl (C=O) groups is 1. The molecule has 1 heterocycles. The molecular formula is C18H15ClN2O2S. The quantitative estimate of drug-likeness (QED) is 0.697. The predicted octanol–water partition coefficient (Wildman–Crippen LogP) is 3.83. The number of pyridine rings is 1. The van der Waals surface area contributed by atoms with E-state index in [4.69, 9.17) is 11.6 Å². The van der Waals surface area contributed by atoms with Crippen molar-refractivity contribution in [3.63, 3.8) is 0 Å². The van der Waals surface area contributed by atoms with E-state index in [1.54, 1.807) is 30.0 Å². The van der Waals surface area contributed by atoms with Crippen LogP contribution >= 0.6 is 23.4 Å². The number of benzene rings is 2. The molecule has 0 spiro atoms. The van der Waals surface area contributed by atoms with Gasteiger partial charge in [-0.3, -0.25) is 9.59 Å². The molecule has 122 valence electrons. The van der Waals surface area contributed by atoms with Crippen molar-refractivity contribution in [2.24, 2.45) is 0 Å². The molecule has 0 unspecified atom stereocenters. The molecule has 0 saturated heterocycles. The van der Waals surface area contributed by atoms with Crippen LogP contribution in [0.3, 0.4) is 0 Å². The Labute approximate surface area is 148 Å². The van der Waals surface area contributed by atoms with Gasteiger partial charge in [0.1, 0.15) is 5.56 Å². The maximum atomic E-state index is 12.6. The Bertz CT molecular complexity index is 951. The van der Waals surface area contributed by atoms with E-state index in [1.807, 2.05) is 30.5 Å². The van der Waals surface area contributed by atoms with Crippen LogP contribution in [0.1, 0.15) is 15.9 Å². The second-order valence-corrected chi connectivity index (χ2v) is 6.51. The second kappa shape index (κ2) is 7.11. The molecule has 0 aliphatic carbocycles. The number of halogens is 1. The van der Waals surface area contributed by atoms with E-state index in [-0.39, 0.29) is 11.0 Å². The lowest BCUT2D eigenvalue weighted by atomic mass is 10.1. The van der Waals surface area contributed by atoms with Crippen molar-refractivity contribution in [2.45, 2.75) is 11.4 Å². The van der Waals surface area contributed by atoms with Crippen molar-refractivity contribution in [1.82, 2.24) is 10.3 Å². The first-order valence-corrected chi connectivity index (χ1v) is 8.91. The number of aromatic amines is 1. The summed E-state index contributed by atoms with van der Waals surface area (Å²) in [5, 5.41) is 3.92. The molecular weight excluding hydrogens is 344 g/mol. The fourth-order valence-electron chi connectivity index (χ4n) is 2.44. The smallest absolute Gasteiger partial charge is 0.257 e. The van der Waals surface area contributed by atoms with Gasteiger partial charge in [0.25, 0.3) is 5.91 Å². The van der Waals surface area contributed by atoms with Crippen molar-refractivity contribution in [1.29, 1.82) is 0 Å². The number of amides is 1. The summed E-state index contributed by atoms with van der Waals surface area (Å²) in [7, 11) is 0. The van der Waals surface area contributed by atoms with Crippen molar-refractivity contribution in [3.8, 4) is 0 Å². The number of carbonyl (C=O) groups excluding carboxylic acids is 1. The molecule has 0 radical (unpaired) electrons. The Kier molecular flexibility index (Phi) is 4.92. The largest absolute Gasteiger partial charge is 0.359 e. The maximum absolute atomic E-state index is 12.6. The Morgan fingerprint density at radius 2 is 1.96 bits per heavy atom. The lowest BCUT2D eigenvalue weighted by molar-refractivity contribution is 0.0949. The molecule has 1 amide bonds. The van der Waals surface area contributed by atoms with E-state index in [0.29, 0.717) is 17.0 Å². The minimum absolute atomic E-state index is 0.106. The number of para-hydroxylation sites is 1. The molecule has 3 aromatic rings. The van der Waals surface area contributed by atoms with Crippen LogP contribution in [-0.4, -0.2) is 17.1 Å². The van der Waals surface area contributed by atoms with Gasteiger partial charge in [0.05, 0.1) is 5.52 Å². The van der Waals surface area contributed by atoms with E-state index < -0.39 is 5.91 Å². The third kappa shape index (κ3) is 3.32. The number of H-pyrrole nitrogens is 1. The SMILES string of the molecule is CSc1cccc2c(=O)c(C(=O)NCc3ccc(Cl)cc3)c[nH]c12. The van der Waals surface area contributed by atoms with Gasteiger partial charge in [0.15, 0.2) is 0 Å². The minimum atomic E-state index is -0.400. The Hall–Kier alpha value is -2.24. The summed E-state index contributed by atoms with van der Waals surface area (Å²) in [6, 6.07) is 12.7. The third-order valence-electron chi connectivity index (χ3n) is 3.71. The standard InChI is InChI=1S/C18H15ClN2O2S/c1-24-15-4-2-3-13-16(15)20-10-14(17(13)22)18(23)21-9-11-5-7-12(19)8-6-11/h2-8,10H,9H2,1H3,(H,20,22)(H,21,23). The molecule has 1 aromatic heterocycles. The van der Waals surface area contributed by atoms with Crippen molar-refractivity contribution < 1.29 is 4.79 Å². The molecule has 0 aliphatic heterocycles. The number of thioether (sulfide) groups is 1. The topological polar surface area (TPSA) is 62.0 Å². The van der Waals surface area contributed by atoms with Gasteiger partial charge in [-0.2, -0.15) is 0 Å². The number of aromatic nitrogens is 1. The lowest BCUT2D eigenvalue weighted by Crippen LogP contribution is -2.28. The van der Waals surface area contributed by atoms with Gasteiger partial charge in [0, 0.05) is 28.0 Å². The Morgan fingerprint density at radius 1 is 1.21 bits per heavy atom. The summed E-state index contributed by atoms with van der Waals surface area (Å²) < 4.78 is 0. The molecule has 0 fully saturated rings. The molecule has 0 saturated carbocycles. The van der Waals surface area contributed by atoms with E-state index in [1.165, 1.54) is 6.20 Å². The van der Waals surface area contributed by atoms with Crippen LogP contribution in [0.15, 0.2) is 58.4 Å². The fraction of sp³-hybridized carbons (Fsp3) is 0.111. The van der Waals surface area contributed by atoms with Crippen LogP contribution in [0.25, 0.3) is 10.9 Å². The highest BCUT2D eigenvalue weighted by Crippen LogP contribution is 2.22. The Morgan fingerprint density at radius 3 is 2.67 bits per heavy atom. The van der Waals surface area contributed by atoms with Crippen LogP contribution < -0.4 is 10.7 Å². The van der Waals surface area contributed by atoms with Gasteiger partial charge in [-0.1, -0.05) is 29.8 Å². The average molecular weight is 359 g/mol. The first-order chi connectivity index (χ1) is 11.6. The van der Waals surface area contributed by atoms with E-state index in [2.05, 4.69) is 10.3 Å². The number of rotatable bonds is 4. The van der Waals surface area contributed by atoms with Gasteiger partial charge in [-0.05, 0) is 36.1 Å². The van der Waals surface area contributed by atoms with Crippen LogP contribution in [0, 0.1) is 0 Å². The van der Waals surface area contributed by atoms with Gasteiger partial charge in [-0.15, -0.1) is 11.8 Å². The maximum Gasteiger partial charge on any atom is 0.257 e. The summed E-state index contributed by atoms with van der Waals surface area (Å²) in [5.41, 5.74) is 1.50. The lowest BCUT2D eigenvalue weighted by Gasteiger charge is -2.08. The molecule has 6 heteroatoms. The molecule has 4 nitrogen and oxygen atoms in total. The summed E-state index contributed by atoms with van der Waals surface area (Å²) in [5.74, 6) is -0.400. The number of nitrogens with one attached hydrogen (secondary N) is 2. The first-order valence-electron chi connectivity index (χ1n) is 7.31. The molecule has 2 aromatic carbocycles.